The predicted octanol–water partition coefficient (Wildman–Crippen LogP) is 2.90. The summed E-state index contributed by atoms with van der Waals surface area (Å²) in [4.78, 5) is 8.33. The van der Waals surface area contributed by atoms with Crippen LogP contribution in [0.1, 0.15) is 4.88 Å². The Morgan fingerprint density at radius 3 is 2.58 bits per heavy atom. The first-order valence-corrected chi connectivity index (χ1v) is 9.38. The summed E-state index contributed by atoms with van der Waals surface area (Å²) in [5, 5.41) is 2.91. The van der Waals surface area contributed by atoms with Gasteiger partial charge >= 0.3 is 0 Å². The lowest BCUT2D eigenvalue weighted by Gasteiger charge is -2.05. The molecule has 0 aliphatic heterocycles. The van der Waals surface area contributed by atoms with E-state index in [9.17, 15) is 12.8 Å². The van der Waals surface area contributed by atoms with E-state index >= 15 is 0 Å². The monoisotopic (exact) mass is 363 g/mol. The number of thiophene rings is 1. The Morgan fingerprint density at radius 2 is 1.92 bits per heavy atom. The number of nitrogens with zero attached hydrogens (tertiary/aromatic N) is 2. The molecule has 0 spiro atoms. The van der Waals surface area contributed by atoms with Crippen LogP contribution in [-0.4, -0.2) is 25.4 Å². The summed E-state index contributed by atoms with van der Waals surface area (Å²) in [7, 11) is -2.09. The highest BCUT2D eigenvalue weighted by Crippen LogP contribution is 2.38. The fourth-order valence-electron chi connectivity index (χ4n) is 2.26. The zero-order valence-corrected chi connectivity index (χ0v) is 14.4. The Morgan fingerprint density at radius 1 is 1.12 bits per heavy atom. The Hall–Kier alpha value is -2.16. The predicted molar refractivity (Wildman–Crippen MR) is 90.0 cm³/mol. The van der Waals surface area contributed by atoms with Gasteiger partial charge in [0.15, 0.2) is 5.03 Å². The van der Waals surface area contributed by atoms with Crippen LogP contribution < -0.4 is 5.32 Å². The fourth-order valence-corrected chi connectivity index (χ4v) is 5.29. The van der Waals surface area contributed by atoms with Crippen LogP contribution in [0.4, 0.5) is 4.39 Å². The molecule has 3 aromatic heterocycles. The van der Waals surface area contributed by atoms with Crippen LogP contribution in [0.3, 0.4) is 0 Å². The van der Waals surface area contributed by atoms with Gasteiger partial charge in [-0.25, -0.2) is 18.4 Å². The third kappa shape index (κ3) is 3.08. The summed E-state index contributed by atoms with van der Waals surface area (Å²) >= 11 is 1.10. The van der Waals surface area contributed by atoms with Crippen molar-refractivity contribution in [1.29, 1.82) is 0 Å². The van der Waals surface area contributed by atoms with Crippen LogP contribution in [0.25, 0.3) is 11.1 Å². The van der Waals surface area contributed by atoms with Crippen molar-refractivity contribution in [2.75, 3.05) is 7.05 Å². The number of pyridine rings is 2. The van der Waals surface area contributed by atoms with Crippen LogP contribution in [0.5, 0.6) is 0 Å². The second-order valence-corrected chi connectivity index (χ2v) is 8.19. The Labute approximate surface area is 143 Å². The van der Waals surface area contributed by atoms with Crippen LogP contribution in [0.2, 0.25) is 0 Å². The molecule has 3 aromatic rings. The highest BCUT2D eigenvalue weighted by Gasteiger charge is 2.27. The Bertz CT molecular complexity index is 956. The molecule has 0 saturated heterocycles. The van der Waals surface area contributed by atoms with Crippen molar-refractivity contribution in [2.24, 2.45) is 0 Å². The second kappa shape index (κ2) is 6.76. The molecule has 0 bridgehead atoms. The summed E-state index contributed by atoms with van der Waals surface area (Å²) in [6, 6.07) is 9.44. The molecular formula is C16H14FN3O2S2. The van der Waals surface area contributed by atoms with E-state index in [4.69, 9.17) is 0 Å². The van der Waals surface area contributed by atoms with Gasteiger partial charge in [-0.1, -0.05) is 6.07 Å². The van der Waals surface area contributed by atoms with Gasteiger partial charge in [0.25, 0.3) is 0 Å². The van der Waals surface area contributed by atoms with E-state index in [1.165, 1.54) is 24.5 Å². The quantitative estimate of drug-likeness (QED) is 0.706. The third-order valence-electron chi connectivity index (χ3n) is 3.31. The highest BCUT2D eigenvalue weighted by atomic mass is 32.2. The third-order valence-corrected chi connectivity index (χ3v) is 6.64. The molecule has 124 valence electrons. The summed E-state index contributed by atoms with van der Waals surface area (Å²) < 4.78 is 40.1. The number of aromatic nitrogens is 2. The average molecular weight is 363 g/mol. The topological polar surface area (TPSA) is 72.0 Å². The molecule has 0 atom stereocenters. The van der Waals surface area contributed by atoms with E-state index in [-0.39, 0.29) is 14.8 Å². The summed E-state index contributed by atoms with van der Waals surface area (Å²) in [6.45, 7) is 0.483. The molecule has 0 aromatic carbocycles. The average Bonchev–Trinajstić information content (AvgIpc) is 3.01. The Balaban J connectivity index is 2.23. The standard InChI is InChI=1S/C16H14FN3O2S2/c1-18-10-11-9-13(12-5-4-8-20-15(12)17)16(23-11)24(21,22)14-6-2-3-7-19-14/h2-9,18H,10H2,1H3. The van der Waals surface area contributed by atoms with Crippen molar-refractivity contribution in [3.05, 3.63) is 59.6 Å². The fraction of sp³-hybridized carbons (Fsp3) is 0.125. The van der Waals surface area contributed by atoms with Gasteiger partial charge in [0.2, 0.25) is 15.8 Å². The van der Waals surface area contributed by atoms with Gasteiger partial charge in [0, 0.05) is 34.9 Å². The minimum absolute atomic E-state index is 0.0617. The van der Waals surface area contributed by atoms with Gasteiger partial charge in [0.1, 0.15) is 4.21 Å². The van der Waals surface area contributed by atoms with E-state index in [0.29, 0.717) is 12.1 Å². The number of hydrogen-bond donors (Lipinski definition) is 1. The van der Waals surface area contributed by atoms with Crippen molar-refractivity contribution in [1.82, 2.24) is 15.3 Å². The molecule has 0 saturated carbocycles. The van der Waals surface area contributed by atoms with E-state index in [1.807, 2.05) is 0 Å². The molecule has 0 radical (unpaired) electrons. The van der Waals surface area contributed by atoms with Gasteiger partial charge < -0.3 is 5.32 Å². The lowest BCUT2D eigenvalue weighted by molar-refractivity contribution is 0.586. The molecule has 3 heterocycles. The van der Waals surface area contributed by atoms with Crippen LogP contribution in [0, 0.1) is 5.95 Å². The van der Waals surface area contributed by atoms with Gasteiger partial charge in [-0.3, -0.25) is 0 Å². The largest absolute Gasteiger partial charge is 0.315 e. The second-order valence-electron chi connectivity index (χ2n) is 4.96. The Kier molecular flexibility index (Phi) is 4.70. The molecule has 8 heteroatoms. The molecule has 0 amide bonds. The van der Waals surface area contributed by atoms with E-state index < -0.39 is 15.8 Å². The molecule has 5 nitrogen and oxygen atoms in total. The summed E-state index contributed by atoms with van der Waals surface area (Å²) in [6.07, 6.45) is 2.74. The number of hydrogen-bond acceptors (Lipinski definition) is 6. The summed E-state index contributed by atoms with van der Waals surface area (Å²) in [5.74, 6) is -0.705. The molecule has 1 N–H and O–H groups in total. The van der Waals surface area contributed by atoms with Crippen molar-refractivity contribution in [2.45, 2.75) is 15.8 Å². The molecule has 0 aliphatic rings. The van der Waals surface area contributed by atoms with Crippen molar-refractivity contribution < 1.29 is 12.8 Å². The lowest BCUT2D eigenvalue weighted by atomic mass is 10.1. The van der Waals surface area contributed by atoms with Gasteiger partial charge in [-0.05, 0) is 37.4 Å². The van der Waals surface area contributed by atoms with Crippen LogP contribution in [0.15, 0.2) is 58.0 Å². The molecular weight excluding hydrogens is 349 g/mol. The van der Waals surface area contributed by atoms with Crippen LogP contribution >= 0.6 is 11.3 Å². The lowest BCUT2D eigenvalue weighted by Crippen LogP contribution is -2.04. The number of sulfone groups is 1. The minimum atomic E-state index is -3.85. The van der Waals surface area contributed by atoms with Crippen molar-refractivity contribution in [3.8, 4) is 11.1 Å². The van der Waals surface area contributed by atoms with Gasteiger partial charge in [-0.15, -0.1) is 11.3 Å². The first-order chi connectivity index (χ1) is 11.5. The number of halogens is 1. The maximum atomic E-state index is 14.1. The first-order valence-electron chi connectivity index (χ1n) is 7.08. The van der Waals surface area contributed by atoms with Crippen LogP contribution in [-0.2, 0) is 16.4 Å². The first kappa shape index (κ1) is 16.7. The SMILES string of the molecule is CNCc1cc(-c2cccnc2F)c(S(=O)(=O)c2ccccn2)s1. The van der Waals surface area contributed by atoms with E-state index in [0.717, 1.165) is 16.2 Å². The minimum Gasteiger partial charge on any atom is -0.315 e. The zero-order chi connectivity index (χ0) is 17.2. The molecule has 0 unspecified atom stereocenters. The summed E-state index contributed by atoms with van der Waals surface area (Å²) in [5.41, 5.74) is 0.465. The molecule has 0 aliphatic carbocycles. The normalized spacial score (nSPS) is 11.6. The molecule has 3 rings (SSSR count). The smallest absolute Gasteiger partial charge is 0.233 e. The maximum Gasteiger partial charge on any atom is 0.233 e. The number of rotatable bonds is 5. The van der Waals surface area contributed by atoms with Crippen molar-refractivity contribution >= 4 is 21.2 Å². The maximum absolute atomic E-state index is 14.1. The zero-order valence-electron chi connectivity index (χ0n) is 12.7. The van der Waals surface area contributed by atoms with Gasteiger partial charge in [0.05, 0.1) is 0 Å². The number of nitrogens with one attached hydrogen (secondary N) is 1. The highest BCUT2D eigenvalue weighted by molar-refractivity contribution is 7.93. The van der Waals surface area contributed by atoms with Crippen molar-refractivity contribution in [3.63, 3.8) is 0 Å². The van der Waals surface area contributed by atoms with E-state index in [2.05, 4.69) is 15.3 Å². The van der Waals surface area contributed by atoms with Gasteiger partial charge in [-0.2, -0.15) is 4.39 Å². The molecule has 0 fully saturated rings. The molecule has 24 heavy (non-hydrogen) atoms. The van der Waals surface area contributed by atoms with E-state index in [1.54, 1.807) is 31.3 Å².